The minimum absolute atomic E-state index is 0.0199. The number of sulfonamides is 1. The van der Waals surface area contributed by atoms with E-state index in [9.17, 15) is 13.2 Å². The van der Waals surface area contributed by atoms with Gasteiger partial charge in [0.1, 0.15) is 5.75 Å². The summed E-state index contributed by atoms with van der Waals surface area (Å²) in [6.45, 7) is 4.36. The van der Waals surface area contributed by atoms with Crippen molar-refractivity contribution in [3.63, 3.8) is 0 Å². The van der Waals surface area contributed by atoms with E-state index in [0.29, 0.717) is 12.4 Å². The number of aliphatic carboxylic acids is 1. The molecule has 0 bridgehead atoms. The topological polar surface area (TPSA) is 83.9 Å². The van der Waals surface area contributed by atoms with Crippen LogP contribution in [0.3, 0.4) is 0 Å². The second-order valence-electron chi connectivity index (χ2n) is 5.15. The zero-order chi connectivity index (χ0) is 15.6. The van der Waals surface area contributed by atoms with Crippen molar-refractivity contribution in [1.82, 2.24) is 4.31 Å². The molecule has 1 aliphatic rings. The molecule has 1 aromatic carbocycles. The van der Waals surface area contributed by atoms with Gasteiger partial charge in [0.15, 0.2) is 0 Å². The monoisotopic (exact) mass is 313 g/mol. The summed E-state index contributed by atoms with van der Waals surface area (Å²) < 4.78 is 31.5. The van der Waals surface area contributed by atoms with Gasteiger partial charge in [0.2, 0.25) is 10.0 Å². The minimum atomic E-state index is -3.66. The summed E-state index contributed by atoms with van der Waals surface area (Å²) >= 11 is 0. The van der Waals surface area contributed by atoms with E-state index in [-0.39, 0.29) is 23.9 Å². The van der Waals surface area contributed by atoms with Gasteiger partial charge in [-0.15, -0.1) is 0 Å². The average molecular weight is 313 g/mol. The predicted molar refractivity (Wildman–Crippen MR) is 76.7 cm³/mol. The lowest BCUT2D eigenvalue weighted by atomic mass is 9.99. The maximum atomic E-state index is 12.5. The van der Waals surface area contributed by atoms with Gasteiger partial charge in [-0.2, -0.15) is 4.31 Å². The minimum Gasteiger partial charge on any atom is -0.494 e. The second-order valence-corrected chi connectivity index (χ2v) is 7.09. The number of nitrogens with zero attached hydrogens (tertiary/aromatic N) is 1. The highest BCUT2D eigenvalue weighted by Gasteiger charge is 2.40. The first-order chi connectivity index (χ1) is 9.86. The Morgan fingerprint density at radius 3 is 2.43 bits per heavy atom. The zero-order valence-electron chi connectivity index (χ0n) is 12.0. The van der Waals surface area contributed by atoms with E-state index in [0.717, 1.165) is 0 Å². The van der Waals surface area contributed by atoms with Gasteiger partial charge in [-0.25, -0.2) is 8.42 Å². The van der Waals surface area contributed by atoms with Crippen LogP contribution in [-0.2, 0) is 14.8 Å². The number of hydrogen-bond donors (Lipinski definition) is 1. The number of carboxylic acid groups (broad SMARTS) is 1. The van der Waals surface area contributed by atoms with Gasteiger partial charge in [-0.3, -0.25) is 4.79 Å². The molecule has 0 spiro atoms. The molecule has 2 atom stereocenters. The molecular formula is C14H19NO5S. The lowest BCUT2D eigenvalue weighted by molar-refractivity contribution is -0.142. The Hall–Kier alpha value is -1.60. The number of rotatable bonds is 5. The van der Waals surface area contributed by atoms with Crippen molar-refractivity contribution in [2.75, 3.05) is 19.7 Å². The van der Waals surface area contributed by atoms with Crippen LogP contribution >= 0.6 is 0 Å². The van der Waals surface area contributed by atoms with Gasteiger partial charge >= 0.3 is 5.97 Å². The molecule has 0 unspecified atom stereocenters. The Bertz CT molecular complexity index is 611. The van der Waals surface area contributed by atoms with E-state index in [2.05, 4.69) is 0 Å². The molecule has 7 heteroatoms. The molecule has 6 nitrogen and oxygen atoms in total. The van der Waals surface area contributed by atoms with Gasteiger partial charge in [0.25, 0.3) is 0 Å². The molecule has 1 N–H and O–H groups in total. The van der Waals surface area contributed by atoms with Crippen LogP contribution < -0.4 is 4.74 Å². The third kappa shape index (κ3) is 3.19. The molecule has 0 saturated carbocycles. The van der Waals surface area contributed by atoms with E-state index in [1.807, 2.05) is 6.92 Å². The maximum Gasteiger partial charge on any atom is 0.308 e. The second kappa shape index (κ2) is 6.03. The van der Waals surface area contributed by atoms with E-state index in [1.54, 1.807) is 19.1 Å². The first kappa shape index (κ1) is 15.8. The lowest BCUT2D eigenvalue weighted by Gasteiger charge is -2.16. The fourth-order valence-electron chi connectivity index (χ4n) is 2.46. The quantitative estimate of drug-likeness (QED) is 0.889. The van der Waals surface area contributed by atoms with Crippen molar-refractivity contribution in [3.8, 4) is 5.75 Å². The lowest BCUT2D eigenvalue weighted by Crippen LogP contribution is -2.30. The van der Waals surface area contributed by atoms with Crippen molar-refractivity contribution in [3.05, 3.63) is 24.3 Å². The molecule has 1 aromatic rings. The van der Waals surface area contributed by atoms with E-state index in [4.69, 9.17) is 9.84 Å². The molecule has 0 aliphatic carbocycles. The number of benzene rings is 1. The van der Waals surface area contributed by atoms with E-state index in [1.165, 1.54) is 16.4 Å². The first-order valence-corrected chi connectivity index (χ1v) is 8.26. The molecule has 0 aromatic heterocycles. The molecule has 1 saturated heterocycles. The summed E-state index contributed by atoms with van der Waals surface area (Å²) in [4.78, 5) is 11.3. The summed E-state index contributed by atoms with van der Waals surface area (Å²) in [5.41, 5.74) is 0. The summed E-state index contributed by atoms with van der Waals surface area (Å²) in [5.74, 6) is -1.19. The number of carbonyl (C=O) groups is 1. The number of ether oxygens (including phenoxy) is 1. The highest BCUT2D eigenvalue weighted by atomic mass is 32.2. The highest BCUT2D eigenvalue weighted by molar-refractivity contribution is 7.89. The summed E-state index contributed by atoms with van der Waals surface area (Å²) in [6.07, 6.45) is 0. The Morgan fingerprint density at radius 1 is 1.33 bits per heavy atom. The fraction of sp³-hybridized carbons (Fsp3) is 0.500. The largest absolute Gasteiger partial charge is 0.494 e. The van der Waals surface area contributed by atoms with Gasteiger partial charge in [-0.05, 0) is 37.1 Å². The smallest absolute Gasteiger partial charge is 0.308 e. The van der Waals surface area contributed by atoms with E-state index >= 15 is 0 Å². The van der Waals surface area contributed by atoms with Crippen LogP contribution in [-0.4, -0.2) is 43.5 Å². The SMILES string of the molecule is CCOc1ccc(S(=O)(=O)N2C[C@@H](C)[C@H](C(=O)O)C2)cc1. The summed E-state index contributed by atoms with van der Waals surface area (Å²) in [7, 11) is -3.66. The molecule has 1 aliphatic heterocycles. The molecule has 2 rings (SSSR count). The molecular weight excluding hydrogens is 294 g/mol. The molecule has 21 heavy (non-hydrogen) atoms. The van der Waals surface area contributed by atoms with E-state index < -0.39 is 21.9 Å². The standard InChI is InChI=1S/C14H19NO5S/c1-3-20-11-4-6-12(7-5-11)21(18,19)15-8-10(2)13(9-15)14(16)17/h4-7,10,13H,3,8-9H2,1-2H3,(H,16,17)/t10-,13-/m1/s1. The van der Waals surface area contributed by atoms with Crippen LogP contribution in [0.1, 0.15) is 13.8 Å². The van der Waals surface area contributed by atoms with Crippen LogP contribution in [0.15, 0.2) is 29.2 Å². The fourth-order valence-corrected chi connectivity index (χ4v) is 4.03. The maximum absolute atomic E-state index is 12.5. The van der Waals surface area contributed by atoms with Gasteiger partial charge in [0.05, 0.1) is 17.4 Å². The van der Waals surface area contributed by atoms with Gasteiger partial charge in [0, 0.05) is 13.1 Å². The molecule has 1 fully saturated rings. The molecule has 0 amide bonds. The Kier molecular flexibility index (Phi) is 4.53. The third-order valence-electron chi connectivity index (χ3n) is 3.67. The van der Waals surface area contributed by atoms with Crippen molar-refractivity contribution in [2.45, 2.75) is 18.7 Å². The zero-order valence-corrected chi connectivity index (χ0v) is 12.8. The summed E-state index contributed by atoms with van der Waals surface area (Å²) in [5, 5.41) is 9.10. The van der Waals surface area contributed by atoms with Gasteiger partial charge < -0.3 is 9.84 Å². The Balaban J connectivity index is 2.20. The van der Waals surface area contributed by atoms with Crippen LogP contribution in [0.25, 0.3) is 0 Å². The number of carboxylic acids is 1. The molecule has 1 heterocycles. The van der Waals surface area contributed by atoms with Crippen LogP contribution in [0.5, 0.6) is 5.75 Å². The highest BCUT2D eigenvalue weighted by Crippen LogP contribution is 2.29. The normalized spacial score (nSPS) is 23.1. The van der Waals surface area contributed by atoms with Crippen LogP contribution in [0.4, 0.5) is 0 Å². The predicted octanol–water partition coefficient (Wildman–Crippen LogP) is 1.43. The Labute approximate surface area is 124 Å². The molecule has 116 valence electrons. The van der Waals surface area contributed by atoms with Crippen molar-refractivity contribution >= 4 is 16.0 Å². The molecule has 0 radical (unpaired) electrons. The Morgan fingerprint density at radius 2 is 1.95 bits per heavy atom. The summed E-state index contributed by atoms with van der Waals surface area (Å²) in [6, 6.07) is 6.17. The van der Waals surface area contributed by atoms with Crippen LogP contribution in [0, 0.1) is 11.8 Å². The third-order valence-corrected chi connectivity index (χ3v) is 5.51. The van der Waals surface area contributed by atoms with Crippen molar-refractivity contribution < 1.29 is 23.1 Å². The van der Waals surface area contributed by atoms with Crippen molar-refractivity contribution in [2.24, 2.45) is 11.8 Å². The van der Waals surface area contributed by atoms with Crippen LogP contribution in [0.2, 0.25) is 0 Å². The first-order valence-electron chi connectivity index (χ1n) is 6.82. The number of hydrogen-bond acceptors (Lipinski definition) is 4. The average Bonchev–Trinajstić information content (AvgIpc) is 2.83. The van der Waals surface area contributed by atoms with Gasteiger partial charge in [-0.1, -0.05) is 6.92 Å². The van der Waals surface area contributed by atoms with Crippen molar-refractivity contribution in [1.29, 1.82) is 0 Å².